The monoisotopic (exact) mass is 291 g/mol. The van der Waals surface area contributed by atoms with Crippen molar-refractivity contribution in [2.75, 3.05) is 24.5 Å². The predicted molar refractivity (Wildman–Crippen MR) is 81.3 cm³/mol. The fourth-order valence-corrected chi connectivity index (χ4v) is 2.60. The highest BCUT2D eigenvalue weighted by Crippen LogP contribution is 2.25. The van der Waals surface area contributed by atoms with Crippen molar-refractivity contribution in [3.63, 3.8) is 0 Å². The Hall–Kier alpha value is -2.11. The summed E-state index contributed by atoms with van der Waals surface area (Å²) >= 11 is 0. The Bertz CT molecular complexity index is 501. The molecule has 1 aliphatic heterocycles. The van der Waals surface area contributed by atoms with Crippen LogP contribution in [-0.2, 0) is 4.79 Å². The summed E-state index contributed by atoms with van der Waals surface area (Å²) in [5, 5.41) is 13.6. The molecule has 1 fully saturated rings. The third kappa shape index (κ3) is 3.93. The van der Waals surface area contributed by atoms with Gasteiger partial charge in [0.2, 0.25) is 5.91 Å². The van der Waals surface area contributed by atoms with Crippen LogP contribution in [0, 0.1) is 16.0 Å². The average Bonchev–Trinajstić information content (AvgIpc) is 2.52. The van der Waals surface area contributed by atoms with Gasteiger partial charge >= 0.3 is 0 Å². The summed E-state index contributed by atoms with van der Waals surface area (Å²) in [6.45, 7) is 4.31. The number of hydrogen-bond donors (Lipinski definition) is 1. The Morgan fingerprint density at radius 1 is 1.43 bits per heavy atom. The van der Waals surface area contributed by atoms with Gasteiger partial charge in [0.05, 0.1) is 10.8 Å². The summed E-state index contributed by atoms with van der Waals surface area (Å²) < 4.78 is 0. The Morgan fingerprint density at radius 3 is 2.76 bits per heavy atom. The lowest BCUT2D eigenvalue weighted by atomic mass is 9.96. The highest BCUT2D eigenvalue weighted by atomic mass is 16.6. The van der Waals surface area contributed by atoms with E-state index in [-0.39, 0.29) is 17.5 Å². The maximum absolute atomic E-state index is 12.1. The van der Waals surface area contributed by atoms with Gasteiger partial charge in [0.1, 0.15) is 0 Å². The summed E-state index contributed by atoms with van der Waals surface area (Å²) in [5.41, 5.74) is 1.03. The third-order valence-corrected chi connectivity index (χ3v) is 3.77. The van der Waals surface area contributed by atoms with Crippen LogP contribution in [-0.4, -0.2) is 30.5 Å². The fourth-order valence-electron chi connectivity index (χ4n) is 2.60. The Kier molecular flexibility index (Phi) is 5.14. The molecule has 1 saturated heterocycles. The molecule has 2 rings (SSSR count). The lowest BCUT2D eigenvalue weighted by molar-refractivity contribution is -0.384. The quantitative estimate of drug-likeness (QED) is 0.667. The van der Waals surface area contributed by atoms with Crippen LogP contribution >= 0.6 is 0 Å². The summed E-state index contributed by atoms with van der Waals surface area (Å²) in [7, 11) is 0. The van der Waals surface area contributed by atoms with Crippen molar-refractivity contribution in [1.29, 1.82) is 0 Å². The van der Waals surface area contributed by atoms with Crippen molar-refractivity contribution < 1.29 is 9.72 Å². The molecular weight excluding hydrogens is 270 g/mol. The number of nitrogens with zero attached hydrogens (tertiary/aromatic N) is 2. The normalized spacial score (nSPS) is 18.3. The van der Waals surface area contributed by atoms with Gasteiger partial charge in [-0.2, -0.15) is 0 Å². The van der Waals surface area contributed by atoms with E-state index in [9.17, 15) is 14.9 Å². The van der Waals surface area contributed by atoms with Crippen LogP contribution in [0.1, 0.15) is 26.2 Å². The topological polar surface area (TPSA) is 75.5 Å². The van der Waals surface area contributed by atoms with E-state index in [4.69, 9.17) is 0 Å². The van der Waals surface area contributed by atoms with Gasteiger partial charge in [-0.15, -0.1) is 0 Å². The number of non-ortho nitro benzene ring substituents is 1. The summed E-state index contributed by atoms with van der Waals surface area (Å²) in [6.07, 6.45) is 2.80. The van der Waals surface area contributed by atoms with E-state index in [1.54, 1.807) is 12.1 Å². The van der Waals surface area contributed by atoms with Crippen LogP contribution in [0.5, 0.6) is 0 Å². The van der Waals surface area contributed by atoms with Gasteiger partial charge in [0, 0.05) is 37.5 Å². The molecule has 1 N–H and O–H groups in total. The molecule has 0 bridgehead atoms. The molecule has 1 atom stereocenters. The molecule has 1 amide bonds. The second-order valence-electron chi connectivity index (χ2n) is 5.35. The first-order chi connectivity index (χ1) is 10.1. The number of carbonyl (C=O) groups is 1. The Morgan fingerprint density at radius 2 is 2.14 bits per heavy atom. The molecule has 0 radical (unpaired) electrons. The molecule has 114 valence electrons. The first-order valence-corrected chi connectivity index (χ1v) is 7.39. The Balaban J connectivity index is 2.00. The van der Waals surface area contributed by atoms with E-state index in [1.807, 2.05) is 6.92 Å². The van der Waals surface area contributed by atoms with Crippen LogP contribution in [0.4, 0.5) is 11.4 Å². The van der Waals surface area contributed by atoms with Gasteiger partial charge in [0.15, 0.2) is 0 Å². The molecule has 0 aliphatic carbocycles. The number of amides is 1. The van der Waals surface area contributed by atoms with Crippen LogP contribution in [0.2, 0.25) is 0 Å². The second kappa shape index (κ2) is 7.06. The molecule has 0 saturated carbocycles. The van der Waals surface area contributed by atoms with Gasteiger partial charge in [-0.3, -0.25) is 14.9 Å². The fraction of sp³-hybridized carbons (Fsp3) is 0.533. The molecule has 1 heterocycles. The number of nitrogens with one attached hydrogen (secondary N) is 1. The summed E-state index contributed by atoms with van der Waals surface area (Å²) in [4.78, 5) is 24.4. The molecule has 6 heteroatoms. The minimum atomic E-state index is -0.402. The molecule has 1 aromatic carbocycles. The molecule has 0 spiro atoms. The van der Waals surface area contributed by atoms with Crippen molar-refractivity contribution in [2.45, 2.75) is 26.2 Å². The van der Waals surface area contributed by atoms with Crippen LogP contribution in [0.15, 0.2) is 24.3 Å². The maximum Gasteiger partial charge on any atom is 0.269 e. The molecule has 1 aromatic rings. The van der Waals surface area contributed by atoms with E-state index < -0.39 is 4.92 Å². The molecule has 1 unspecified atom stereocenters. The maximum atomic E-state index is 12.1. The lowest BCUT2D eigenvalue weighted by Gasteiger charge is -2.33. The number of anilines is 1. The van der Waals surface area contributed by atoms with Crippen molar-refractivity contribution in [1.82, 2.24) is 5.32 Å². The minimum absolute atomic E-state index is 0.000456. The largest absolute Gasteiger partial charge is 0.371 e. The molecular formula is C15H21N3O3. The number of nitro benzene ring substituents is 1. The highest BCUT2D eigenvalue weighted by Gasteiger charge is 2.25. The number of rotatable bonds is 5. The van der Waals surface area contributed by atoms with Gasteiger partial charge in [-0.1, -0.05) is 6.92 Å². The Labute approximate surface area is 124 Å². The summed E-state index contributed by atoms with van der Waals surface area (Å²) in [5.74, 6) is 0.115. The van der Waals surface area contributed by atoms with E-state index >= 15 is 0 Å². The number of piperidine rings is 1. The van der Waals surface area contributed by atoms with Crippen molar-refractivity contribution in [3.05, 3.63) is 34.4 Å². The number of benzene rings is 1. The van der Waals surface area contributed by atoms with Crippen LogP contribution in [0.25, 0.3) is 0 Å². The van der Waals surface area contributed by atoms with Gasteiger partial charge in [0.25, 0.3) is 5.69 Å². The first kappa shape index (κ1) is 15.3. The van der Waals surface area contributed by atoms with Gasteiger partial charge < -0.3 is 10.2 Å². The zero-order chi connectivity index (χ0) is 15.2. The molecule has 6 nitrogen and oxygen atoms in total. The lowest BCUT2D eigenvalue weighted by Crippen LogP contribution is -2.43. The van der Waals surface area contributed by atoms with Crippen molar-refractivity contribution >= 4 is 17.3 Å². The minimum Gasteiger partial charge on any atom is -0.371 e. The first-order valence-electron chi connectivity index (χ1n) is 7.39. The second-order valence-corrected chi connectivity index (χ2v) is 5.35. The van der Waals surface area contributed by atoms with Crippen molar-refractivity contribution in [2.24, 2.45) is 5.92 Å². The SMILES string of the molecule is CCCNC(=O)C1CCCN(c2ccc([N+](=O)[O-])cc2)C1. The molecule has 1 aliphatic rings. The molecule has 0 aromatic heterocycles. The number of nitro groups is 1. The number of carbonyl (C=O) groups excluding carboxylic acids is 1. The smallest absolute Gasteiger partial charge is 0.269 e. The zero-order valence-electron chi connectivity index (χ0n) is 12.2. The number of hydrogen-bond acceptors (Lipinski definition) is 4. The van der Waals surface area contributed by atoms with Crippen molar-refractivity contribution in [3.8, 4) is 0 Å². The zero-order valence-corrected chi connectivity index (χ0v) is 12.2. The highest BCUT2D eigenvalue weighted by molar-refractivity contribution is 5.79. The van der Waals surface area contributed by atoms with E-state index in [0.717, 1.165) is 31.5 Å². The van der Waals surface area contributed by atoms with E-state index in [0.29, 0.717) is 13.1 Å². The van der Waals surface area contributed by atoms with E-state index in [2.05, 4.69) is 10.2 Å². The van der Waals surface area contributed by atoms with E-state index in [1.165, 1.54) is 12.1 Å². The van der Waals surface area contributed by atoms with Crippen LogP contribution in [0.3, 0.4) is 0 Å². The van der Waals surface area contributed by atoms with Crippen LogP contribution < -0.4 is 10.2 Å². The average molecular weight is 291 g/mol. The predicted octanol–water partition coefficient (Wildman–Crippen LogP) is 2.34. The van der Waals surface area contributed by atoms with Gasteiger partial charge in [-0.05, 0) is 31.4 Å². The third-order valence-electron chi connectivity index (χ3n) is 3.77. The molecule has 21 heavy (non-hydrogen) atoms. The van der Waals surface area contributed by atoms with Gasteiger partial charge in [-0.25, -0.2) is 0 Å². The summed E-state index contributed by atoms with van der Waals surface area (Å²) in [6, 6.07) is 6.53. The standard InChI is InChI=1S/C15H21N3O3/c1-2-9-16-15(19)12-4-3-10-17(11-12)13-5-7-14(8-6-13)18(20)21/h5-8,12H,2-4,9-11H2,1H3,(H,16,19).